The zero-order valence-electron chi connectivity index (χ0n) is 10.2. The molecule has 0 bridgehead atoms. The fourth-order valence-electron chi connectivity index (χ4n) is 1.94. The molecular weight excluding hydrogens is 214 g/mol. The van der Waals surface area contributed by atoms with Crippen LogP contribution in [0.3, 0.4) is 0 Å². The first kappa shape index (κ1) is 11.4. The van der Waals surface area contributed by atoms with Gasteiger partial charge >= 0.3 is 0 Å². The van der Waals surface area contributed by atoms with E-state index in [1.54, 1.807) is 13.3 Å². The Bertz CT molecular complexity index is 552. The number of nitrogens with two attached hydrogens (primary N) is 1. The van der Waals surface area contributed by atoms with Crippen LogP contribution in [-0.2, 0) is 0 Å². The summed E-state index contributed by atoms with van der Waals surface area (Å²) in [4.78, 5) is 8.11. The summed E-state index contributed by atoms with van der Waals surface area (Å²) in [6.07, 6.45) is 1.65. The van der Waals surface area contributed by atoms with Crippen LogP contribution < -0.4 is 10.5 Å². The van der Waals surface area contributed by atoms with Crippen LogP contribution in [0.1, 0.15) is 11.1 Å². The van der Waals surface area contributed by atoms with Crippen molar-refractivity contribution in [2.45, 2.75) is 13.8 Å². The van der Waals surface area contributed by atoms with Gasteiger partial charge in [0, 0.05) is 11.8 Å². The fraction of sp³-hybridized carbons (Fsp3) is 0.231. The summed E-state index contributed by atoms with van der Waals surface area (Å²) < 4.78 is 5.42. The Morgan fingerprint density at radius 2 is 2.00 bits per heavy atom. The monoisotopic (exact) mass is 229 g/mol. The van der Waals surface area contributed by atoms with Crippen molar-refractivity contribution in [2.24, 2.45) is 0 Å². The summed E-state index contributed by atoms with van der Waals surface area (Å²) in [5.41, 5.74) is 9.57. The molecule has 2 aromatic rings. The third-order valence-electron chi connectivity index (χ3n) is 2.57. The Hall–Kier alpha value is -2.10. The average molecular weight is 229 g/mol. The van der Waals surface area contributed by atoms with E-state index in [2.05, 4.69) is 16.0 Å². The van der Waals surface area contributed by atoms with Gasteiger partial charge in [0.05, 0.1) is 12.8 Å². The Kier molecular flexibility index (Phi) is 2.95. The number of aromatic nitrogens is 2. The van der Waals surface area contributed by atoms with Gasteiger partial charge in [0.2, 0.25) is 5.95 Å². The Balaban J connectivity index is 2.65. The van der Waals surface area contributed by atoms with Crippen LogP contribution in [0, 0.1) is 13.8 Å². The van der Waals surface area contributed by atoms with Gasteiger partial charge in [-0.05, 0) is 37.1 Å². The minimum absolute atomic E-state index is 0.267. The van der Waals surface area contributed by atoms with E-state index in [4.69, 9.17) is 10.5 Å². The lowest BCUT2D eigenvalue weighted by Gasteiger charge is -2.12. The second kappa shape index (κ2) is 4.41. The first-order valence-corrected chi connectivity index (χ1v) is 5.36. The largest absolute Gasteiger partial charge is 0.496 e. The lowest BCUT2D eigenvalue weighted by Crippen LogP contribution is -1.98. The van der Waals surface area contributed by atoms with E-state index >= 15 is 0 Å². The van der Waals surface area contributed by atoms with Gasteiger partial charge in [0.1, 0.15) is 5.75 Å². The maximum Gasteiger partial charge on any atom is 0.220 e. The molecule has 1 aromatic carbocycles. The molecule has 1 aromatic heterocycles. The lowest BCUT2D eigenvalue weighted by atomic mass is 10.0. The van der Waals surface area contributed by atoms with Crippen molar-refractivity contribution in [1.82, 2.24) is 9.97 Å². The number of ether oxygens (including phenoxy) is 1. The van der Waals surface area contributed by atoms with Gasteiger partial charge in [0.15, 0.2) is 0 Å². The Morgan fingerprint density at radius 1 is 1.24 bits per heavy atom. The summed E-state index contributed by atoms with van der Waals surface area (Å²) >= 11 is 0. The van der Waals surface area contributed by atoms with E-state index < -0.39 is 0 Å². The molecule has 2 rings (SSSR count). The predicted molar refractivity (Wildman–Crippen MR) is 67.9 cm³/mol. The standard InChI is InChI=1S/C13H15N3O/c1-8-6-9(2)12(17-3)10(7-8)11-4-5-15-13(14)16-11/h4-7H,1-3H3,(H2,14,15,16). The van der Waals surface area contributed by atoms with Crippen molar-refractivity contribution < 1.29 is 4.74 Å². The van der Waals surface area contributed by atoms with Gasteiger partial charge in [-0.1, -0.05) is 6.07 Å². The SMILES string of the molecule is COc1c(C)cc(C)cc1-c1ccnc(N)n1. The zero-order chi connectivity index (χ0) is 12.4. The minimum Gasteiger partial charge on any atom is -0.496 e. The van der Waals surface area contributed by atoms with E-state index in [1.807, 2.05) is 26.0 Å². The Morgan fingerprint density at radius 3 is 2.65 bits per heavy atom. The van der Waals surface area contributed by atoms with Crippen molar-refractivity contribution >= 4 is 5.95 Å². The topological polar surface area (TPSA) is 61.0 Å². The van der Waals surface area contributed by atoms with Gasteiger partial charge in [0.25, 0.3) is 0 Å². The number of methoxy groups -OCH3 is 1. The first-order valence-electron chi connectivity index (χ1n) is 5.36. The molecule has 0 unspecified atom stereocenters. The average Bonchev–Trinajstić information content (AvgIpc) is 2.28. The van der Waals surface area contributed by atoms with Crippen molar-refractivity contribution in [2.75, 3.05) is 12.8 Å². The summed E-state index contributed by atoms with van der Waals surface area (Å²) in [5.74, 6) is 1.09. The number of anilines is 1. The fourth-order valence-corrected chi connectivity index (χ4v) is 1.94. The van der Waals surface area contributed by atoms with E-state index in [0.29, 0.717) is 0 Å². The molecular formula is C13H15N3O. The predicted octanol–water partition coefficient (Wildman–Crippen LogP) is 2.35. The molecule has 17 heavy (non-hydrogen) atoms. The van der Waals surface area contributed by atoms with Gasteiger partial charge in [-0.25, -0.2) is 9.97 Å². The van der Waals surface area contributed by atoms with Crippen LogP contribution >= 0.6 is 0 Å². The van der Waals surface area contributed by atoms with Gasteiger partial charge < -0.3 is 10.5 Å². The molecule has 0 saturated heterocycles. The quantitative estimate of drug-likeness (QED) is 0.858. The molecule has 88 valence electrons. The molecule has 0 aliphatic carbocycles. The highest BCUT2D eigenvalue weighted by molar-refractivity contribution is 5.70. The summed E-state index contributed by atoms with van der Waals surface area (Å²) in [6, 6.07) is 5.94. The molecule has 0 aliphatic heterocycles. The second-order valence-corrected chi connectivity index (χ2v) is 3.96. The third-order valence-corrected chi connectivity index (χ3v) is 2.57. The summed E-state index contributed by atoms with van der Waals surface area (Å²) in [6.45, 7) is 4.06. The molecule has 1 heterocycles. The van der Waals surface area contributed by atoms with Crippen LogP contribution in [0.25, 0.3) is 11.3 Å². The number of nitrogen functional groups attached to an aromatic ring is 1. The number of hydrogen-bond donors (Lipinski definition) is 1. The molecule has 4 heteroatoms. The maximum atomic E-state index is 5.60. The van der Waals surface area contributed by atoms with Crippen molar-refractivity contribution in [3.63, 3.8) is 0 Å². The van der Waals surface area contributed by atoms with Crippen LogP contribution in [0.5, 0.6) is 5.75 Å². The molecule has 0 spiro atoms. The molecule has 0 aliphatic rings. The van der Waals surface area contributed by atoms with Crippen molar-refractivity contribution in [3.8, 4) is 17.0 Å². The van der Waals surface area contributed by atoms with E-state index in [1.165, 1.54) is 0 Å². The normalized spacial score (nSPS) is 10.3. The minimum atomic E-state index is 0.267. The Labute approximate surface area is 100 Å². The molecule has 0 fully saturated rings. The van der Waals surface area contributed by atoms with Crippen molar-refractivity contribution in [1.29, 1.82) is 0 Å². The van der Waals surface area contributed by atoms with E-state index in [9.17, 15) is 0 Å². The molecule has 2 N–H and O–H groups in total. The number of hydrogen-bond acceptors (Lipinski definition) is 4. The van der Waals surface area contributed by atoms with Crippen LogP contribution in [-0.4, -0.2) is 17.1 Å². The third kappa shape index (κ3) is 2.20. The maximum absolute atomic E-state index is 5.60. The first-order chi connectivity index (χ1) is 8.11. The molecule has 0 radical (unpaired) electrons. The summed E-state index contributed by atoms with van der Waals surface area (Å²) in [7, 11) is 1.66. The zero-order valence-corrected chi connectivity index (χ0v) is 10.2. The van der Waals surface area contributed by atoms with E-state index in [0.717, 1.165) is 28.1 Å². The van der Waals surface area contributed by atoms with Gasteiger partial charge in [-0.15, -0.1) is 0 Å². The summed E-state index contributed by atoms with van der Waals surface area (Å²) in [5, 5.41) is 0. The number of rotatable bonds is 2. The number of aryl methyl sites for hydroxylation is 2. The number of nitrogens with zero attached hydrogens (tertiary/aromatic N) is 2. The smallest absolute Gasteiger partial charge is 0.220 e. The highest BCUT2D eigenvalue weighted by Gasteiger charge is 2.11. The highest BCUT2D eigenvalue weighted by atomic mass is 16.5. The van der Waals surface area contributed by atoms with Crippen molar-refractivity contribution in [3.05, 3.63) is 35.5 Å². The van der Waals surface area contributed by atoms with Crippen LogP contribution in [0.4, 0.5) is 5.95 Å². The number of benzene rings is 1. The molecule has 0 atom stereocenters. The molecule has 0 saturated carbocycles. The molecule has 0 amide bonds. The van der Waals surface area contributed by atoms with Gasteiger partial charge in [-0.2, -0.15) is 0 Å². The second-order valence-electron chi connectivity index (χ2n) is 3.96. The van der Waals surface area contributed by atoms with Gasteiger partial charge in [-0.3, -0.25) is 0 Å². The van der Waals surface area contributed by atoms with Crippen LogP contribution in [0.2, 0.25) is 0 Å². The lowest BCUT2D eigenvalue weighted by molar-refractivity contribution is 0.413. The van der Waals surface area contributed by atoms with Crippen LogP contribution in [0.15, 0.2) is 24.4 Å². The van der Waals surface area contributed by atoms with E-state index in [-0.39, 0.29) is 5.95 Å². The highest BCUT2D eigenvalue weighted by Crippen LogP contribution is 2.32. The molecule has 4 nitrogen and oxygen atoms in total.